The minimum atomic E-state index is -0.487. The molecule has 1 aliphatic rings. The van der Waals surface area contributed by atoms with Crippen molar-refractivity contribution in [3.63, 3.8) is 0 Å². The number of nitrogens with one attached hydrogen (secondary N) is 1. The molecule has 124 valence electrons. The van der Waals surface area contributed by atoms with Crippen LogP contribution in [0.2, 0.25) is 0 Å². The van der Waals surface area contributed by atoms with Crippen LogP contribution in [0, 0.1) is 6.92 Å². The van der Waals surface area contributed by atoms with Gasteiger partial charge in [-0.2, -0.15) is 0 Å². The molecule has 5 heteroatoms. The molecule has 2 aromatic carbocycles. The number of imide groups is 1. The number of anilines is 1. The highest BCUT2D eigenvalue weighted by molar-refractivity contribution is 6.22. The molecular formula is C19H20N2O3. The second-order valence-corrected chi connectivity index (χ2v) is 5.84. The second-order valence-electron chi connectivity index (χ2n) is 5.84. The Balaban J connectivity index is 1.74. The fraction of sp³-hybridized carbons (Fsp3) is 0.263. The summed E-state index contributed by atoms with van der Waals surface area (Å²) in [7, 11) is 1.59. The molecule has 3 rings (SSSR count). The smallest absolute Gasteiger partial charge is 0.251 e. The number of methoxy groups -OCH3 is 1. The standard InChI is InChI=1S/C19H20N2O3/c1-13-10-15(24-2)8-9-17(13)21-18(22)11-16(19(21)23)20-12-14-6-4-3-5-7-14/h3-10,16,20H,11-12H2,1-2H3/t16-/m1/s1. The summed E-state index contributed by atoms with van der Waals surface area (Å²) >= 11 is 0. The van der Waals surface area contributed by atoms with E-state index < -0.39 is 6.04 Å². The van der Waals surface area contributed by atoms with E-state index in [-0.39, 0.29) is 18.2 Å². The summed E-state index contributed by atoms with van der Waals surface area (Å²) in [5.74, 6) is 0.317. The molecule has 2 aromatic rings. The number of hydrogen-bond donors (Lipinski definition) is 1. The lowest BCUT2D eigenvalue weighted by molar-refractivity contribution is -0.121. The Bertz CT molecular complexity index is 758. The van der Waals surface area contributed by atoms with Gasteiger partial charge in [0.05, 0.1) is 25.3 Å². The molecule has 0 bridgehead atoms. The summed E-state index contributed by atoms with van der Waals surface area (Å²) in [4.78, 5) is 26.3. The first-order valence-corrected chi connectivity index (χ1v) is 7.89. The zero-order valence-electron chi connectivity index (χ0n) is 13.8. The third-order valence-corrected chi connectivity index (χ3v) is 4.19. The largest absolute Gasteiger partial charge is 0.497 e. The molecule has 2 amide bonds. The number of hydrogen-bond acceptors (Lipinski definition) is 4. The summed E-state index contributed by atoms with van der Waals surface area (Å²) in [6, 6.07) is 14.7. The van der Waals surface area contributed by atoms with Crippen LogP contribution in [0.5, 0.6) is 5.75 Å². The first kappa shape index (κ1) is 16.2. The van der Waals surface area contributed by atoms with Crippen molar-refractivity contribution in [3.8, 4) is 5.75 Å². The summed E-state index contributed by atoms with van der Waals surface area (Å²) < 4.78 is 5.17. The van der Waals surface area contributed by atoms with Crippen molar-refractivity contribution in [1.82, 2.24) is 5.32 Å². The predicted octanol–water partition coefficient (Wildman–Crippen LogP) is 2.43. The molecule has 0 aromatic heterocycles. The molecule has 1 heterocycles. The molecule has 0 spiro atoms. The van der Waals surface area contributed by atoms with Gasteiger partial charge in [0.2, 0.25) is 5.91 Å². The van der Waals surface area contributed by atoms with Crippen molar-refractivity contribution in [3.05, 3.63) is 59.7 Å². The fourth-order valence-electron chi connectivity index (χ4n) is 2.89. The topological polar surface area (TPSA) is 58.6 Å². The van der Waals surface area contributed by atoms with Crippen LogP contribution in [0.3, 0.4) is 0 Å². The molecule has 0 radical (unpaired) electrons. The van der Waals surface area contributed by atoms with Gasteiger partial charge in [0.25, 0.3) is 5.91 Å². The zero-order chi connectivity index (χ0) is 17.1. The average molecular weight is 324 g/mol. The van der Waals surface area contributed by atoms with E-state index in [9.17, 15) is 9.59 Å². The number of ether oxygens (including phenoxy) is 1. The van der Waals surface area contributed by atoms with Crippen LogP contribution in [-0.2, 0) is 16.1 Å². The monoisotopic (exact) mass is 324 g/mol. The Kier molecular flexibility index (Phi) is 4.62. The Hall–Kier alpha value is -2.66. The highest BCUT2D eigenvalue weighted by atomic mass is 16.5. The number of carbonyl (C=O) groups is 2. The van der Waals surface area contributed by atoms with Crippen LogP contribution in [0.4, 0.5) is 5.69 Å². The first-order valence-electron chi connectivity index (χ1n) is 7.89. The zero-order valence-corrected chi connectivity index (χ0v) is 13.8. The van der Waals surface area contributed by atoms with E-state index in [1.165, 1.54) is 4.90 Å². The highest BCUT2D eigenvalue weighted by Crippen LogP contribution is 2.29. The average Bonchev–Trinajstić information content (AvgIpc) is 2.88. The van der Waals surface area contributed by atoms with Crippen LogP contribution < -0.4 is 15.0 Å². The van der Waals surface area contributed by atoms with Crippen LogP contribution >= 0.6 is 0 Å². The number of amides is 2. The van der Waals surface area contributed by atoms with Crippen LogP contribution in [0.1, 0.15) is 17.5 Å². The molecule has 1 atom stereocenters. The minimum Gasteiger partial charge on any atom is -0.497 e. The molecule has 0 aliphatic carbocycles. The van der Waals surface area contributed by atoms with Crippen LogP contribution in [0.15, 0.2) is 48.5 Å². The van der Waals surface area contributed by atoms with Gasteiger partial charge in [-0.05, 0) is 36.2 Å². The van der Waals surface area contributed by atoms with Gasteiger partial charge in [-0.25, -0.2) is 4.90 Å². The van der Waals surface area contributed by atoms with Gasteiger partial charge in [-0.15, -0.1) is 0 Å². The molecular weight excluding hydrogens is 304 g/mol. The van der Waals surface area contributed by atoms with Crippen LogP contribution in [0.25, 0.3) is 0 Å². The summed E-state index contributed by atoms with van der Waals surface area (Å²) in [5.41, 5.74) is 2.53. The fourth-order valence-corrected chi connectivity index (χ4v) is 2.89. The Labute approximate surface area is 141 Å². The Morgan fingerprint density at radius 2 is 1.92 bits per heavy atom. The lowest BCUT2D eigenvalue weighted by Gasteiger charge is -2.18. The SMILES string of the molecule is COc1ccc(N2C(=O)C[C@@H](NCc3ccccc3)C2=O)c(C)c1. The maximum absolute atomic E-state index is 12.7. The first-order chi connectivity index (χ1) is 11.6. The number of carbonyl (C=O) groups excluding carboxylic acids is 2. The summed E-state index contributed by atoms with van der Waals surface area (Å²) in [6.45, 7) is 2.42. The number of aryl methyl sites for hydroxylation is 1. The van der Waals surface area contributed by atoms with Crippen LogP contribution in [-0.4, -0.2) is 25.0 Å². The quantitative estimate of drug-likeness (QED) is 0.858. The Morgan fingerprint density at radius 3 is 2.58 bits per heavy atom. The van der Waals surface area contributed by atoms with Crippen molar-refractivity contribution in [1.29, 1.82) is 0 Å². The molecule has 0 saturated carbocycles. The third kappa shape index (κ3) is 3.16. The van der Waals surface area contributed by atoms with Gasteiger partial charge in [0.1, 0.15) is 5.75 Å². The molecule has 1 fully saturated rings. The molecule has 1 saturated heterocycles. The predicted molar refractivity (Wildman–Crippen MR) is 91.9 cm³/mol. The number of benzene rings is 2. The van der Waals surface area contributed by atoms with Crippen molar-refractivity contribution >= 4 is 17.5 Å². The Morgan fingerprint density at radius 1 is 1.17 bits per heavy atom. The van der Waals surface area contributed by atoms with E-state index in [2.05, 4.69) is 5.32 Å². The van der Waals surface area contributed by atoms with E-state index in [4.69, 9.17) is 4.74 Å². The van der Waals surface area contributed by atoms with E-state index in [0.29, 0.717) is 18.0 Å². The third-order valence-electron chi connectivity index (χ3n) is 4.19. The summed E-state index contributed by atoms with van der Waals surface area (Å²) in [5, 5.41) is 3.18. The van der Waals surface area contributed by atoms with Crippen molar-refractivity contribution in [2.24, 2.45) is 0 Å². The van der Waals surface area contributed by atoms with Crippen molar-refractivity contribution < 1.29 is 14.3 Å². The second kappa shape index (κ2) is 6.84. The number of rotatable bonds is 5. The van der Waals surface area contributed by atoms with Gasteiger partial charge < -0.3 is 10.1 Å². The molecule has 1 N–H and O–H groups in total. The minimum absolute atomic E-state index is 0.178. The number of nitrogens with zero attached hydrogens (tertiary/aromatic N) is 1. The lowest BCUT2D eigenvalue weighted by Crippen LogP contribution is -2.38. The van der Waals surface area contributed by atoms with Crippen molar-refractivity contribution in [2.75, 3.05) is 12.0 Å². The van der Waals surface area contributed by atoms with E-state index in [1.807, 2.05) is 43.3 Å². The van der Waals surface area contributed by atoms with E-state index >= 15 is 0 Å². The summed E-state index contributed by atoms with van der Waals surface area (Å²) in [6.07, 6.45) is 0.178. The van der Waals surface area contributed by atoms with Gasteiger partial charge in [-0.1, -0.05) is 30.3 Å². The molecule has 5 nitrogen and oxygen atoms in total. The molecule has 24 heavy (non-hydrogen) atoms. The van der Waals surface area contributed by atoms with E-state index in [0.717, 1.165) is 11.1 Å². The van der Waals surface area contributed by atoms with E-state index in [1.54, 1.807) is 19.2 Å². The van der Waals surface area contributed by atoms with Gasteiger partial charge in [-0.3, -0.25) is 9.59 Å². The normalized spacial score (nSPS) is 17.4. The lowest BCUT2D eigenvalue weighted by atomic mass is 10.1. The van der Waals surface area contributed by atoms with Gasteiger partial charge in [0, 0.05) is 6.54 Å². The van der Waals surface area contributed by atoms with Gasteiger partial charge >= 0.3 is 0 Å². The van der Waals surface area contributed by atoms with Crippen molar-refractivity contribution in [2.45, 2.75) is 25.9 Å². The molecule has 0 unspecified atom stereocenters. The maximum Gasteiger partial charge on any atom is 0.251 e. The maximum atomic E-state index is 12.7. The van der Waals surface area contributed by atoms with Gasteiger partial charge in [0.15, 0.2) is 0 Å². The molecule has 1 aliphatic heterocycles. The highest BCUT2D eigenvalue weighted by Gasteiger charge is 2.39.